The Kier molecular flexibility index (Phi) is 5.52. The maximum atomic E-state index is 12.0. The zero-order chi connectivity index (χ0) is 17.7. The van der Waals surface area contributed by atoms with E-state index in [2.05, 4.69) is 0 Å². The highest BCUT2D eigenvalue weighted by Gasteiger charge is 2.20. The zero-order valence-corrected chi connectivity index (χ0v) is 14.1. The molecule has 0 unspecified atom stereocenters. The fourth-order valence-electron chi connectivity index (χ4n) is 2.48. The van der Waals surface area contributed by atoms with Crippen molar-refractivity contribution in [3.63, 3.8) is 0 Å². The van der Waals surface area contributed by atoms with E-state index in [1.807, 2.05) is 6.07 Å². The lowest BCUT2D eigenvalue weighted by molar-refractivity contribution is 0.0596. The van der Waals surface area contributed by atoms with Crippen LogP contribution in [0.4, 0.5) is 0 Å². The number of methoxy groups -OCH3 is 4. The van der Waals surface area contributed by atoms with Crippen molar-refractivity contribution in [3.8, 4) is 23.0 Å². The van der Waals surface area contributed by atoms with Gasteiger partial charge in [-0.25, -0.2) is 4.79 Å². The Morgan fingerprint density at radius 1 is 0.917 bits per heavy atom. The van der Waals surface area contributed by atoms with E-state index in [1.165, 1.54) is 20.3 Å². The topological polar surface area (TPSA) is 74.2 Å². The summed E-state index contributed by atoms with van der Waals surface area (Å²) in [6, 6.07) is 8.44. The van der Waals surface area contributed by atoms with Crippen molar-refractivity contribution >= 4 is 5.97 Å². The lowest BCUT2D eigenvalue weighted by atomic mass is 9.97. The number of carbonyl (C=O) groups is 1. The Hall–Kier alpha value is -2.89. The summed E-state index contributed by atoms with van der Waals surface area (Å²) in [5.74, 6) is 0.938. The minimum absolute atomic E-state index is 0.100. The average molecular weight is 332 g/mol. The molecule has 0 aliphatic heterocycles. The highest BCUT2D eigenvalue weighted by atomic mass is 16.5. The Labute approximate surface area is 140 Å². The van der Waals surface area contributed by atoms with E-state index >= 15 is 0 Å². The number of benzene rings is 2. The number of hydrogen-bond acceptors (Lipinski definition) is 6. The molecule has 0 spiro atoms. The molecule has 0 radical (unpaired) electrons. The van der Waals surface area contributed by atoms with Crippen molar-refractivity contribution < 1.29 is 28.8 Å². The van der Waals surface area contributed by atoms with Crippen molar-refractivity contribution in [2.75, 3.05) is 28.4 Å². The molecule has 0 aliphatic carbocycles. The van der Waals surface area contributed by atoms with Crippen LogP contribution in [0.25, 0.3) is 0 Å². The molecule has 1 N–H and O–H groups in total. The van der Waals surface area contributed by atoms with Gasteiger partial charge in [-0.1, -0.05) is 0 Å². The minimum Gasteiger partial charge on any atom is -0.507 e. The maximum Gasteiger partial charge on any atom is 0.341 e. The Bertz CT molecular complexity index is 739. The van der Waals surface area contributed by atoms with E-state index in [-0.39, 0.29) is 11.3 Å². The van der Waals surface area contributed by atoms with Crippen LogP contribution in [0, 0.1) is 0 Å². The lowest BCUT2D eigenvalue weighted by Crippen LogP contribution is -2.08. The van der Waals surface area contributed by atoms with E-state index in [4.69, 9.17) is 18.9 Å². The van der Waals surface area contributed by atoms with Gasteiger partial charge >= 0.3 is 5.97 Å². The summed E-state index contributed by atoms with van der Waals surface area (Å²) in [5, 5.41) is 10.2. The maximum absolute atomic E-state index is 12.0. The summed E-state index contributed by atoms with van der Waals surface area (Å²) >= 11 is 0. The SMILES string of the molecule is COC(=O)c1c(O)cc(OC)cc1Cc1cc(OC)ccc1OC. The summed E-state index contributed by atoms with van der Waals surface area (Å²) in [6.45, 7) is 0. The average Bonchev–Trinajstić information content (AvgIpc) is 2.60. The molecule has 0 saturated carbocycles. The van der Waals surface area contributed by atoms with Gasteiger partial charge in [0, 0.05) is 18.1 Å². The van der Waals surface area contributed by atoms with Crippen LogP contribution in [0.1, 0.15) is 21.5 Å². The molecular weight excluding hydrogens is 312 g/mol. The summed E-state index contributed by atoms with van der Waals surface area (Å²) in [6.07, 6.45) is 0.329. The van der Waals surface area contributed by atoms with E-state index in [1.54, 1.807) is 32.4 Å². The second kappa shape index (κ2) is 7.59. The molecule has 6 heteroatoms. The van der Waals surface area contributed by atoms with Crippen LogP contribution in [0.5, 0.6) is 23.0 Å². The first-order valence-electron chi connectivity index (χ1n) is 7.23. The predicted molar refractivity (Wildman–Crippen MR) is 88.4 cm³/mol. The van der Waals surface area contributed by atoms with Crippen LogP contribution in [-0.2, 0) is 11.2 Å². The molecule has 2 rings (SSSR count). The first kappa shape index (κ1) is 17.5. The molecule has 0 atom stereocenters. The Morgan fingerprint density at radius 2 is 1.58 bits per heavy atom. The largest absolute Gasteiger partial charge is 0.507 e. The molecule has 0 amide bonds. The summed E-state index contributed by atoms with van der Waals surface area (Å²) in [7, 11) is 5.89. The van der Waals surface area contributed by atoms with Gasteiger partial charge in [0.1, 0.15) is 28.6 Å². The van der Waals surface area contributed by atoms with Crippen LogP contribution in [0.2, 0.25) is 0 Å². The predicted octanol–water partition coefficient (Wildman–Crippen LogP) is 2.80. The van der Waals surface area contributed by atoms with Gasteiger partial charge in [0.2, 0.25) is 0 Å². The number of phenolic OH excluding ortho intramolecular Hbond substituents is 1. The van der Waals surface area contributed by atoms with Crippen LogP contribution < -0.4 is 14.2 Å². The fourth-order valence-corrected chi connectivity index (χ4v) is 2.48. The van der Waals surface area contributed by atoms with Gasteiger partial charge in [-0.15, -0.1) is 0 Å². The van der Waals surface area contributed by atoms with Crippen LogP contribution in [0.3, 0.4) is 0 Å². The molecule has 2 aromatic carbocycles. The van der Waals surface area contributed by atoms with Crippen molar-refractivity contribution in [1.29, 1.82) is 0 Å². The second-order valence-corrected chi connectivity index (χ2v) is 5.03. The quantitative estimate of drug-likeness (QED) is 0.820. The molecule has 128 valence electrons. The van der Waals surface area contributed by atoms with Crippen LogP contribution >= 0.6 is 0 Å². The van der Waals surface area contributed by atoms with Crippen molar-refractivity contribution in [2.24, 2.45) is 0 Å². The second-order valence-electron chi connectivity index (χ2n) is 5.03. The van der Waals surface area contributed by atoms with Crippen LogP contribution in [-0.4, -0.2) is 39.5 Å². The van der Waals surface area contributed by atoms with E-state index in [9.17, 15) is 9.90 Å². The molecule has 0 aromatic heterocycles. The molecule has 0 saturated heterocycles. The summed E-state index contributed by atoms with van der Waals surface area (Å²) < 4.78 is 20.6. The lowest BCUT2D eigenvalue weighted by Gasteiger charge is -2.15. The molecule has 0 bridgehead atoms. The Morgan fingerprint density at radius 3 is 2.17 bits per heavy atom. The summed E-state index contributed by atoms with van der Waals surface area (Å²) in [4.78, 5) is 12.0. The van der Waals surface area contributed by atoms with E-state index in [0.717, 1.165) is 5.56 Å². The molecule has 0 fully saturated rings. The highest BCUT2D eigenvalue weighted by Crippen LogP contribution is 2.33. The smallest absolute Gasteiger partial charge is 0.341 e. The standard InChI is InChI=1S/C18H20O6/c1-21-13-5-6-16(23-3)11(8-13)7-12-9-14(22-2)10-15(19)17(12)18(20)24-4/h5-6,8-10,19H,7H2,1-4H3. The fraction of sp³-hybridized carbons (Fsp3) is 0.278. The van der Waals surface area contributed by atoms with Gasteiger partial charge in [0.25, 0.3) is 0 Å². The van der Waals surface area contributed by atoms with E-state index in [0.29, 0.717) is 29.2 Å². The number of aromatic hydroxyl groups is 1. The first-order chi connectivity index (χ1) is 11.5. The highest BCUT2D eigenvalue weighted by molar-refractivity contribution is 5.94. The Balaban J connectivity index is 2.56. The van der Waals surface area contributed by atoms with Gasteiger partial charge in [-0.05, 0) is 29.8 Å². The molecule has 0 heterocycles. The number of phenols is 1. The number of esters is 1. The van der Waals surface area contributed by atoms with Crippen molar-refractivity contribution in [3.05, 3.63) is 47.0 Å². The molecular formula is C18H20O6. The molecule has 6 nitrogen and oxygen atoms in total. The van der Waals surface area contributed by atoms with Crippen molar-refractivity contribution in [2.45, 2.75) is 6.42 Å². The first-order valence-corrected chi connectivity index (χ1v) is 7.23. The zero-order valence-electron chi connectivity index (χ0n) is 14.1. The number of rotatable bonds is 6. The van der Waals surface area contributed by atoms with E-state index < -0.39 is 5.97 Å². The number of carbonyl (C=O) groups excluding carboxylic acids is 1. The van der Waals surface area contributed by atoms with Gasteiger partial charge in [0.05, 0.1) is 28.4 Å². The number of ether oxygens (including phenoxy) is 4. The van der Waals surface area contributed by atoms with Gasteiger partial charge in [-0.2, -0.15) is 0 Å². The molecule has 2 aromatic rings. The van der Waals surface area contributed by atoms with Crippen molar-refractivity contribution in [1.82, 2.24) is 0 Å². The third-order valence-electron chi connectivity index (χ3n) is 3.67. The third-order valence-corrected chi connectivity index (χ3v) is 3.67. The van der Waals surface area contributed by atoms with Gasteiger partial charge in [-0.3, -0.25) is 0 Å². The monoisotopic (exact) mass is 332 g/mol. The van der Waals surface area contributed by atoms with Gasteiger partial charge < -0.3 is 24.1 Å². The number of hydrogen-bond donors (Lipinski definition) is 1. The van der Waals surface area contributed by atoms with Crippen LogP contribution in [0.15, 0.2) is 30.3 Å². The molecule has 24 heavy (non-hydrogen) atoms. The minimum atomic E-state index is -0.619. The molecule has 0 aliphatic rings. The third kappa shape index (κ3) is 3.53. The normalized spacial score (nSPS) is 10.2. The van der Waals surface area contributed by atoms with Gasteiger partial charge in [0.15, 0.2) is 0 Å². The summed E-state index contributed by atoms with van der Waals surface area (Å²) in [5.41, 5.74) is 1.46.